The Morgan fingerprint density at radius 1 is 0.560 bits per heavy atom. The van der Waals surface area contributed by atoms with Gasteiger partial charge < -0.3 is 0 Å². The van der Waals surface area contributed by atoms with Crippen LogP contribution < -0.4 is 0 Å². The van der Waals surface area contributed by atoms with Gasteiger partial charge in [0, 0.05) is 0 Å². The lowest BCUT2D eigenvalue weighted by Crippen LogP contribution is -2.15. The summed E-state index contributed by atoms with van der Waals surface area (Å²) in [5.74, 6) is 0. The van der Waals surface area contributed by atoms with Crippen molar-refractivity contribution in [1.29, 1.82) is 0 Å². The average Bonchev–Trinajstić information content (AvgIpc) is 2.83. The van der Waals surface area contributed by atoms with Gasteiger partial charge in [-0.2, -0.15) is 0 Å². The van der Waals surface area contributed by atoms with E-state index >= 15 is 0 Å². The van der Waals surface area contributed by atoms with Crippen LogP contribution in [-0.4, -0.2) is 0 Å². The molecule has 0 unspecified atom stereocenters. The molecule has 0 heteroatoms. The van der Waals surface area contributed by atoms with Gasteiger partial charge in [0.15, 0.2) is 0 Å². The number of fused-ring (bicyclic) bond motifs is 3. The van der Waals surface area contributed by atoms with E-state index in [4.69, 9.17) is 0 Å². The second-order valence-electron chi connectivity index (χ2n) is 10.1. The molecule has 25 heavy (non-hydrogen) atoms. The fourth-order valence-electron chi connectivity index (χ4n) is 4.61. The molecule has 0 heterocycles. The molecule has 2 aromatic carbocycles. The zero-order chi connectivity index (χ0) is 18.9. The summed E-state index contributed by atoms with van der Waals surface area (Å²) in [5.41, 5.74) is 15.4. The van der Waals surface area contributed by atoms with Crippen LogP contribution in [0.5, 0.6) is 0 Å². The predicted octanol–water partition coefficient (Wildman–Crippen LogP) is 7.09. The molecule has 0 nitrogen and oxygen atoms in total. The molecule has 134 valence electrons. The van der Waals surface area contributed by atoms with Gasteiger partial charge in [-0.1, -0.05) is 53.7 Å². The second-order valence-corrected chi connectivity index (χ2v) is 10.1. The summed E-state index contributed by atoms with van der Waals surface area (Å²) < 4.78 is 0. The maximum absolute atomic E-state index is 2.49. The van der Waals surface area contributed by atoms with Gasteiger partial charge in [0.05, 0.1) is 0 Å². The standard InChI is InChI=1S/C25H34/c1-14-16(3)22(24(5,6)7)12-20-18(14)11-19-15(2)17(4)23(13-21(19)20)25(8,9)10/h12-13H,11H2,1-10H3. The molecule has 0 amide bonds. The van der Waals surface area contributed by atoms with E-state index in [1.165, 1.54) is 44.5 Å². The lowest BCUT2D eigenvalue weighted by Gasteiger charge is -2.26. The number of hydrogen-bond donors (Lipinski definition) is 0. The SMILES string of the molecule is Cc1c(C(C)(C)C)cc2c(c1C)Cc1c-2cc(C(C)(C)C)c(C)c1C. The van der Waals surface area contributed by atoms with Crippen molar-refractivity contribution in [2.45, 2.75) is 86.5 Å². The molecule has 3 rings (SSSR count). The summed E-state index contributed by atoms with van der Waals surface area (Å²) in [4.78, 5) is 0. The van der Waals surface area contributed by atoms with E-state index in [9.17, 15) is 0 Å². The lowest BCUT2D eigenvalue weighted by molar-refractivity contribution is 0.584. The molecule has 0 saturated heterocycles. The lowest BCUT2D eigenvalue weighted by atomic mass is 9.78. The van der Waals surface area contributed by atoms with E-state index in [0.717, 1.165) is 6.42 Å². The first-order valence-corrected chi connectivity index (χ1v) is 9.61. The summed E-state index contributed by atoms with van der Waals surface area (Å²) in [6, 6.07) is 4.98. The Labute approximate surface area is 154 Å². The third kappa shape index (κ3) is 2.75. The molecule has 0 aromatic heterocycles. The zero-order valence-electron chi connectivity index (χ0n) is 17.9. The molecule has 0 bridgehead atoms. The Bertz CT molecular complexity index is 791. The molecule has 0 radical (unpaired) electrons. The molecular weight excluding hydrogens is 300 g/mol. The molecule has 0 atom stereocenters. The van der Waals surface area contributed by atoms with E-state index in [1.807, 2.05) is 0 Å². The fraction of sp³-hybridized carbons (Fsp3) is 0.520. The zero-order valence-corrected chi connectivity index (χ0v) is 17.9. The van der Waals surface area contributed by atoms with Crippen molar-refractivity contribution in [3.63, 3.8) is 0 Å². The van der Waals surface area contributed by atoms with Crippen LogP contribution in [0.4, 0.5) is 0 Å². The van der Waals surface area contributed by atoms with Crippen LogP contribution in [-0.2, 0) is 17.3 Å². The molecule has 0 fully saturated rings. The smallest absolute Gasteiger partial charge is 0.000799 e. The number of rotatable bonds is 0. The molecule has 0 N–H and O–H groups in total. The minimum Gasteiger partial charge on any atom is -0.0561 e. The monoisotopic (exact) mass is 334 g/mol. The quantitative estimate of drug-likeness (QED) is 0.412. The second kappa shape index (κ2) is 5.47. The minimum absolute atomic E-state index is 0.180. The maximum atomic E-state index is 2.49. The molecule has 0 saturated carbocycles. The number of hydrogen-bond acceptors (Lipinski definition) is 0. The number of benzene rings is 2. The first-order valence-electron chi connectivity index (χ1n) is 9.61. The van der Waals surface area contributed by atoms with Gasteiger partial charge in [-0.15, -0.1) is 0 Å². The summed E-state index contributed by atoms with van der Waals surface area (Å²) in [7, 11) is 0. The van der Waals surface area contributed by atoms with Crippen LogP contribution >= 0.6 is 0 Å². The van der Waals surface area contributed by atoms with E-state index in [1.54, 1.807) is 11.1 Å². The van der Waals surface area contributed by atoms with Crippen LogP contribution in [0.25, 0.3) is 11.1 Å². The van der Waals surface area contributed by atoms with Crippen LogP contribution in [0.3, 0.4) is 0 Å². The third-order valence-corrected chi connectivity index (χ3v) is 6.33. The molecular formula is C25H34. The van der Waals surface area contributed by atoms with Gasteiger partial charge in [0.2, 0.25) is 0 Å². The summed E-state index contributed by atoms with van der Waals surface area (Å²) in [6.07, 6.45) is 1.10. The van der Waals surface area contributed by atoms with Crippen molar-refractivity contribution >= 4 is 0 Å². The van der Waals surface area contributed by atoms with Gasteiger partial charge in [-0.3, -0.25) is 0 Å². The van der Waals surface area contributed by atoms with E-state index < -0.39 is 0 Å². The highest BCUT2D eigenvalue weighted by atomic mass is 14.3. The van der Waals surface area contributed by atoms with E-state index in [-0.39, 0.29) is 10.8 Å². The van der Waals surface area contributed by atoms with E-state index in [2.05, 4.69) is 81.4 Å². The van der Waals surface area contributed by atoms with E-state index in [0.29, 0.717) is 0 Å². The van der Waals surface area contributed by atoms with Gasteiger partial charge in [-0.25, -0.2) is 0 Å². The Morgan fingerprint density at radius 3 is 1.16 bits per heavy atom. The Balaban J connectivity index is 2.36. The summed E-state index contributed by atoms with van der Waals surface area (Å²) in [6.45, 7) is 23.2. The van der Waals surface area contributed by atoms with Gasteiger partial charge in [0.25, 0.3) is 0 Å². The van der Waals surface area contributed by atoms with Crippen molar-refractivity contribution < 1.29 is 0 Å². The van der Waals surface area contributed by atoms with Crippen LogP contribution in [0.1, 0.15) is 86.1 Å². The average molecular weight is 335 g/mol. The van der Waals surface area contributed by atoms with Crippen molar-refractivity contribution in [1.82, 2.24) is 0 Å². The van der Waals surface area contributed by atoms with Crippen LogP contribution in [0, 0.1) is 27.7 Å². The van der Waals surface area contributed by atoms with Crippen LogP contribution in [0.15, 0.2) is 12.1 Å². The Hall–Kier alpha value is -1.56. The van der Waals surface area contributed by atoms with Crippen molar-refractivity contribution in [3.8, 4) is 11.1 Å². The predicted molar refractivity (Wildman–Crippen MR) is 111 cm³/mol. The van der Waals surface area contributed by atoms with Crippen LogP contribution in [0.2, 0.25) is 0 Å². The van der Waals surface area contributed by atoms with Gasteiger partial charge in [0.1, 0.15) is 0 Å². The Kier molecular flexibility index (Phi) is 3.99. The minimum atomic E-state index is 0.180. The van der Waals surface area contributed by atoms with Gasteiger partial charge in [-0.05, 0) is 101 Å². The molecule has 2 aromatic rings. The molecule has 0 aliphatic heterocycles. The topological polar surface area (TPSA) is 0 Å². The first-order chi connectivity index (χ1) is 11.3. The highest BCUT2D eigenvalue weighted by molar-refractivity contribution is 5.82. The van der Waals surface area contributed by atoms with Crippen molar-refractivity contribution in [2.24, 2.45) is 0 Å². The highest BCUT2D eigenvalue weighted by Crippen LogP contribution is 2.46. The first kappa shape index (κ1) is 18.2. The molecule has 0 spiro atoms. The third-order valence-electron chi connectivity index (χ3n) is 6.33. The summed E-state index contributed by atoms with van der Waals surface area (Å²) in [5, 5.41) is 0. The highest BCUT2D eigenvalue weighted by Gasteiger charge is 2.30. The fourth-order valence-corrected chi connectivity index (χ4v) is 4.61. The van der Waals surface area contributed by atoms with Crippen molar-refractivity contribution in [3.05, 3.63) is 56.6 Å². The van der Waals surface area contributed by atoms with Crippen molar-refractivity contribution in [2.75, 3.05) is 0 Å². The maximum Gasteiger partial charge on any atom is -0.000799 e. The van der Waals surface area contributed by atoms with Gasteiger partial charge >= 0.3 is 0 Å². The molecule has 1 aliphatic carbocycles. The Morgan fingerprint density at radius 2 is 0.880 bits per heavy atom. The molecule has 1 aliphatic rings. The summed E-state index contributed by atoms with van der Waals surface area (Å²) >= 11 is 0. The normalized spacial score (nSPS) is 13.8. The largest absolute Gasteiger partial charge is 0.0561 e.